The molecular formula is C16H23ClN2O2. The van der Waals surface area contributed by atoms with E-state index in [-0.39, 0.29) is 12.1 Å². The number of halogens is 1. The van der Waals surface area contributed by atoms with Gasteiger partial charge in [0.25, 0.3) is 0 Å². The molecule has 1 saturated carbocycles. The Bertz CT molecular complexity index is 497. The Morgan fingerprint density at radius 1 is 1.24 bits per heavy atom. The number of hydrogen-bond donors (Lipinski definition) is 2. The molecule has 0 atom stereocenters. The fourth-order valence-corrected chi connectivity index (χ4v) is 2.85. The summed E-state index contributed by atoms with van der Waals surface area (Å²) in [6.07, 6.45) is 7.03. The quantitative estimate of drug-likeness (QED) is 0.807. The summed E-state index contributed by atoms with van der Waals surface area (Å²) in [4.78, 5) is 12.1. The SMILES string of the molecule is COc1cc(Cl)c(C)cc1NC(=O)NC1CCCCCC1. The van der Waals surface area contributed by atoms with Crippen molar-refractivity contribution in [2.45, 2.75) is 51.5 Å². The lowest BCUT2D eigenvalue weighted by Crippen LogP contribution is -2.37. The van der Waals surface area contributed by atoms with Gasteiger partial charge in [0.1, 0.15) is 5.75 Å². The number of ether oxygens (including phenoxy) is 1. The van der Waals surface area contributed by atoms with Crippen molar-refractivity contribution in [3.63, 3.8) is 0 Å². The minimum absolute atomic E-state index is 0.179. The van der Waals surface area contributed by atoms with E-state index in [0.717, 1.165) is 18.4 Å². The van der Waals surface area contributed by atoms with Crippen LogP contribution in [0.4, 0.5) is 10.5 Å². The second-order valence-corrected chi connectivity index (χ2v) is 6.00. The molecule has 1 aliphatic carbocycles. The first-order valence-corrected chi connectivity index (χ1v) is 7.89. The normalized spacial score (nSPS) is 16.1. The summed E-state index contributed by atoms with van der Waals surface area (Å²) in [6, 6.07) is 3.64. The third-order valence-corrected chi connectivity index (χ3v) is 4.33. The van der Waals surface area contributed by atoms with E-state index in [2.05, 4.69) is 10.6 Å². The third-order valence-electron chi connectivity index (χ3n) is 3.92. The van der Waals surface area contributed by atoms with Crippen LogP contribution in [0.2, 0.25) is 5.02 Å². The van der Waals surface area contributed by atoms with E-state index in [0.29, 0.717) is 16.5 Å². The highest BCUT2D eigenvalue weighted by Gasteiger charge is 2.16. The standard InChI is InChI=1S/C16H23ClN2O2/c1-11-9-14(15(21-2)10-13(11)17)19-16(20)18-12-7-5-3-4-6-8-12/h9-10,12H,3-8H2,1-2H3,(H2,18,19,20). The average molecular weight is 311 g/mol. The highest BCUT2D eigenvalue weighted by Crippen LogP contribution is 2.30. The van der Waals surface area contributed by atoms with Crippen LogP contribution in [-0.4, -0.2) is 19.2 Å². The van der Waals surface area contributed by atoms with Crippen LogP contribution in [0.1, 0.15) is 44.1 Å². The van der Waals surface area contributed by atoms with Crippen molar-refractivity contribution in [2.75, 3.05) is 12.4 Å². The zero-order valence-corrected chi connectivity index (χ0v) is 13.4. The van der Waals surface area contributed by atoms with Crippen LogP contribution in [0.5, 0.6) is 5.75 Å². The van der Waals surface area contributed by atoms with Crippen molar-refractivity contribution in [1.82, 2.24) is 5.32 Å². The van der Waals surface area contributed by atoms with Gasteiger partial charge in [-0.3, -0.25) is 0 Å². The fraction of sp³-hybridized carbons (Fsp3) is 0.562. The lowest BCUT2D eigenvalue weighted by atomic mass is 10.1. The smallest absolute Gasteiger partial charge is 0.319 e. The molecule has 0 aromatic heterocycles. The summed E-state index contributed by atoms with van der Waals surface area (Å²) < 4.78 is 5.27. The first kappa shape index (κ1) is 16.0. The van der Waals surface area contributed by atoms with Crippen LogP contribution in [0, 0.1) is 6.92 Å². The molecule has 1 fully saturated rings. The number of methoxy groups -OCH3 is 1. The number of carbonyl (C=O) groups excluding carboxylic acids is 1. The van der Waals surface area contributed by atoms with Crippen LogP contribution < -0.4 is 15.4 Å². The maximum atomic E-state index is 12.1. The highest BCUT2D eigenvalue weighted by molar-refractivity contribution is 6.31. The van der Waals surface area contributed by atoms with E-state index in [1.54, 1.807) is 13.2 Å². The summed E-state index contributed by atoms with van der Waals surface area (Å²) in [7, 11) is 1.56. The van der Waals surface area contributed by atoms with Crippen LogP contribution in [0.3, 0.4) is 0 Å². The second-order valence-electron chi connectivity index (χ2n) is 5.59. The second kappa shape index (κ2) is 7.55. The number of rotatable bonds is 3. The molecular weight excluding hydrogens is 288 g/mol. The molecule has 2 amide bonds. The monoisotopic (exact) mass is 310 g/mol. The molecule has 0 unspecified atom stereocenters. The summed E-state index contributed by atoms with van der Waals surface area (Å²) >= 11 is 6.07. The van der Waals surface area contributed by atoms with Crippen molar-refractivity contribution in [3.05, 3.63) is 22.7 Å². The molecule has 21 heavy (non-hydrogen) atoms. The number of carbonyl (C=O) groups is 1. The number of urea groups is 1. The van der Waals surface area contributed by atoms with Crippen LogP contribution >= 0.6 is 11.6 Å². The van der Waals surface area contributed by atoms with Crippen molar-refractivity contribution in [1.29, 1.82) is 0 Å². The Hall–Kier alpha value is -1.42. The average Bonchev–Trinajstić information content (AvgIpc) is 2.71. The van der Waals surface area contributed by atoms with Gasteiger partial charge in [-0.05, 0) is 31.4 Å². The molecule has 5 heteroatoms. The molecule has 1 aromatic rings. The van der Waals surface area contributed by atoms with Gasteiger partial charge in [-0.1, -0.05) is 37.3 Å². The topological polar surface area (TPSA) is 50.4 Å². The lowest BCUT2D eigenvalue weighted by molar-refractivity contribution is 0.247. The molecule has 0 bridgehead atoms. The van der Waals surface area contributed by atoms with Gasteiger partial charge in [0.2, 0.25) is 0 Å². The van der Waals surface area contributed by atoms with Crippen molar-refractivity contribution in [2.24, 2.45) is 0 Å². The summed E-state index contributed by atoms with van der Waals surface area (Å²) in [5.41, 5.74) is 1.55. The molecule has 116 valence electrons. The van der Waals surface area contributed by atoms with Gasteiger partial charge in [0.15, 0.2) is 0 Å². The maximum Gasteiger partial charge on any atom is 0.319 e. The molecule has 2 N–H and O–H groups in total. The summed E-state index contributed by atoms with van der Waals surface area (Å²) in [6.45, 7) is 1.90. The molecule has 0 aliphatic heterocycles. The summed E-state index contributed by atoms with van der Waals surface area (Å²) in [5.74, 6) is 0.571. The van der Waals surface area contributed by atoms with Gasteiger partial charge >= 0.3 is 6.03 Å². The number of hydrogen-bond acceptors (Lipinski definition) is 2. The van der Waals surface area contributed by atoms with Gasteiger partial charge in [-0.15, -0.1) is 0 Å². The predicted octanol–water partition coefficient (Wildman–Crippen LogP) is 4.50. The van der Waals surface area contributed by atoms with E-state index in [9.17, 15) is 4.79 Å². The van der Waals surface area contributed by atoms with Gasteiger partial charge in [-0.25, -0.2) is 4.79 Å². The number of amides is 2. The van der Waals surface area contributed by atoms with Gasteiger partial charge in [0, 0.05) is 17.1 Å². The molecule has 1 aliphatic rings. The molecule has 0 saturated heterocycles. The Kier molecular flexibility index (Phi) is 5.74. The zero-order valence-electron chi connectivity index (χ0n) is 12.7. The van der Waals surface area contributed by atoms with Gasteiger partial charge in [-0.2, -0.15) is 0 Å². The first-order chi connectivity index (χ1) is 10.1. The van der Waals surface area contributed by atoms with Crippen LogP contribution in [0.25, 0.3) is 0 Å². The Morgan fingerprint density at radius 2 is 1.90 bits per heavy atom. The number of anilines is 1. The Labute approximate surface area is 131 Å². The minimum Gasteiger partial charge on any atom is -0.495 e. The molecule has 1 aromatic carbocycles. The zero-order chi connectivity index (χ0) is 15.2. The summed E-state index contributed by atoms with van der Waals surface area (Å²) in [5, 5.41) is 6.54. The Balaban J connectivity index is 2.00. The fourth-order valence-electron chi connectivity index (χ4n) is 2.70. The molecule has 2 rings (SSSR count). The van der Waals surface area contributed by atoms with E-state index in [1.165, 1.54) is 25.7 Å². The molecule has 4 nitrogen and oxygen atoms in total. The number of benzene rings is 1. The van der Waals surface area contributed by atoms with Crippen molar-refractivity contribution in [3.8, 4) is 5.75 Å². The Morgan fingerprint density at radius 3 is 2.52 bits per heavy atom. The van der Waals surface area contributed by atoms with Crippen LogP contribution in [0.15, 0.2) is 12.1 Å². The number of nitrogens with one attached hydrogen (secondary N) is 2. The predicted molar refractivity (Wildman–Crippen MR) is 86.4 cm³/mol. The minimum atomic E-state index is -0.179. The lowest BCUT2D eigenvalue weighted by Gasteiger charge is -2.18. The van der Waals surface area contributed by atoms with E-state index >= 15 is 0 Å². The molecule has 0 radical (unpaired) electrons. The van der Waals surface area contributed by atoms with Crippen molar-refractivity contribution >= 4 is 23.3 Å². The maximum absolute atomic E-state index is 12.1. The van der Waals surface area contributed by atoms with Gasteiger partial charge in [0.05, 0.1) is 12.8 Å². The molecule has 0 heterocycles. The van der Waals surface area contributed by atoms with E-state index in [1.807, 2.05) is 13.0 Å². The molecule has 0 spiro atoms. The third kappa shape index (κ3) is 4.53. The van der Waals surface area contributed by atoms with Gasteiger partial charge < -0.3 is 15.4 Å². The van der Waals surface area contributed by atoms with Crippen molar-refractivity contribution < 1.29 is 9.53 Å². The highest BCUT2D eigenvalue weighted by atomic mass is 35.5. The van der Waals surface area contributed by atoms with E-state index < -0.39 is 0 Å². The first-order valence-electron chi connectivity index (χ1n) is 7.52. The largest absolute Gasteiger partial charge is 0.495 e. The van der Waals surface area contributed by atoms with E-state index in [4.69, 9.17) is 16.3 Å². The number of aryl methyl sites for hydroxylation is 1. The van der Waals surface area contributed by atoms with Crippen LogP contribution in [-0.2, 0) is 0 Å².